The maximum atomic E-state index is 11.8. The Kier molecular flexibility index (Phi) is 9.24. The van der Waals surface area contributed by atoms with Gasteiger partial charge in [-0.3, -0.25) is 4.79 Å². The van der Waals surface area contributed by atoms with Crippen LogP contribution in [0.25, 0.3) is 0 Å². The Morgan fingerprint density at radius 3 is 2.44 bits per heavy atom. The summed E-state index contributed by atoms with van der Waals surface area (Å²) in [6, 6.07) is -0.419. The average Bonchev–Trinajstić information content (AvgIpc) is 2.31. The summed E-state index contributed by atoms with van der Waals surface area (Å²) in [5.74, 6) is -0.0342. The van der Waals surface area contributed by atoms with Gasteiger partial charge in [0.2, 0.25) is 5.91 Å². The highest BCUT2D eigenvalue weighted by molar-refractivity contribution is 5.81. The van der Waals surface area contributed by atoms with Crippen molar-refractivity contribution >= 4 is 5.91 Å². The van der Waals surface area contributed by atoms with Crippen LogP contribution in [0, 0.1) is 0 Å². The molecule has 1 unspecified atom stereocenters. The minimum absolute atomic E-state index is 0.00987. The van der Waals surface area contributed by atoms with Gasteiger partial charge >= 0.3 is 0 Å². The fourth-order valence-electron chi connectivity index (χ4n) is 1.59. The standard InChI is InChI=1S/C12H26N2O2/c1-3-5-6-7-8-14(9-10-15)12(16)11(13)4-2/h11,15H,3-10,13H2,1-2H3. The van der Waals surface area contributed by atoms with Gasteiger partial charge in [0.25, 0.3) is 0 Å². The molecule has 1 atom stereocenters. The topological polar surface area (TPSA) is 66.6 Å². The van der Waals surface area contributed by atoms with Crippen molar-refractivity contribution in [3.8, 4) is 0 Å². The van der Waals surface area contributed by atoms with Gasteiger partial charge in [-0.15, -0.1) is 0 Å². The summed E-state index contributed by atoms with van der Waals surface area (Å²) in [5.41, 5.74) is 5.71. The van der Waals surface area contributed by atoms with Crippen molar-refractivity contribution in [2.24, 2.45) is 5.73 Å². The molecule has 0 heterocycles. The Morgan fingerprint density at radius 1 is 1.25 bits per heavy atom. The third-order valence-corrected chi connectivity index (χ3v) is 2.72. The Morgan fingerprint density at radius 2 is 1.94 bits per heavy atom. The highest BCUT2D eigenvalue weighted by Crippen LogP contribution is 2.03. The van der Waals surface area contributed by atoms with Crippen LogP contribution in [0.1, 0.15) is 46.0 Å². The van der Waals surface area contributed by atoms with Gasteiger partial charge in [0.15, 0.2) is 0 Å². The van der Waals surface area contributed by atoms with Crippen molar-refractivity contribution in [2.45, 2.75) is 52.0 Å². The van der Waals surface area contributed by atoms with Gasteiger partial charge in [0.05, 0.1) is 12.6 Å². The molecule has 0 aromatic carbocycles. The van der Waals surface area contributed by atoms with E-state index in [4.69, 9.17) is 10.8 Å². The first-order valence-electron chi connectivity index (χ1n) is 6.32. The first kappa shape index (κ1) is 15.4. The van der Waals surface area contributed by atoms with E-state index in [9.17, 15) is 4.79 Å². The number of aliphatic hydroxyl groups excluding tert-OH is 1. The first-order valence-corrected chi connectivity index (χ1v) is 6.32. The molecule has 0 bridgehead atoms. The van der Waals surface area contributed by atoms with Gasteiger partial charge in [0, 0.05) is 13.1 Å². The van der Waals surface area contributed by atoms with Crippen LogP contribution in [0.2, 0.25) is 0 Å². The second kappa shape index (κ2) is 9.60. The maximum Gasteiger partial charge on any atom is 0.239 e. The normalized spacial score (nSPS) is 12.5. The van der Waals surface area contributed by atoms with E-state index in [1.807, 2.05) is 6.92 Å². The minimum Gasteiger partial charge on any atom is -0.395 e. The third kappa shape index (κ3) is 6.08. The quantitative estimate of drug-likeness (QED) is 0.583. The molecule has 0 aromatic heterocycles. The molecule has 16 heavy (non-hydrogen) atoms. The molecule has 4 nitrogen and oxygen atoms in total. The van der Waals surface area contributed by atoms with E-state index < -0.39 is 6.04 Å². The lowest BCUT2D eigenvalue weighted by molar-refractivity contribution is -0.133. The van der Waals surface area contributed by atoms with E-state index in [0.29, 0.717) is 19.5 Å². The monoisotopic (exact) mass is 230 g/mol. The second-order valence-corrected chi connectivity index (χ2v) is 4.12. The number of unbranched alkanes of at least 4 members (excludes halogenated alkanes) is 3. The molecule has 0 saturated carbocycles. The Hall–Kier alpha value is -0.610. The van der Waals surface area contributed by atoms with Crippen molar-refractivity contribution in [3.63, 3.8) is 0 Å². The zero-order valence-corrected chi connectivity index (χ0v) is 10.6. The Bertz CT molecular complexity index is 186. The summed E-state index contributed by atoms with van der Waals surface area (Å²) in [6.45, 7) is 5.18. The Labute approximate surface area is 98.8 Å². The zero-order valence-electron chi connectivity index (χ0n) is 10.6. The van der Waals surface area contributed by atoms with E-state index in [0.717, 1.165) is 12.8 Å². The molecule has 4 heteroatoms. The van der Waals surface area contributed by atoms with Crippen LogP contribution in [-0.2, 0) is 4.79 Å². The van der Waals surface area contributed by atoms with Crippen LogP contribution in [0.15, 0.2) is 0 Å². The summed E-state index contributed by atoms with van der Waals surface area (Å²) in [6.07, 6.45) is 5.15. The summed E-state index contributed by atoms with van der Waals surface area (Å²) >= 11 is 0. The smallest absolute Gasteiger partial charge is 0.239 e. The average molecular weight is 230 g/mol. The van der Waals surface area contributed by atoms with Gasteiger partial charge in [-0.2, -0.15) is 0 Å². The zero-order chi connectivity index (χ0) is 12.4. The lowest BCUT2D eigenvalue weighted by Gasteiger charge is -2.24. The summed E-state index contributed by atoms with van der Waals surface area (Å²) < 4.78 is 0. The summed E-state index contributed by atoms with van der Waals surface area (Å²) in [5, 5.41) is 8.91. The molecule has 3 N–H and O–H groups in total. The molecular formula is C12H26N2O2. The fourth-order valence-corrected chi connectivity index (χ4v) is 1.59. The molecule has 0 aliphatic carbocycles. The van der Waals surface area contributed by atoms with Crippen LogP contribution in [0.4, 0.5) is 0 Å². The van der Waals surface area contributed by atoms with Gasteiger partial charge in [-0.1, -0.05) is 33.1 Å². The van der Waals surface area contributed by atoms with E-state index in [1.165, 1.54) is 12.8 Å². The minimum atomic E-state index is -0.419. The van der Waals surface area contributed by atoms with Crippen molar-refractivity contribution in [3.05, 3.63) is 0 Å². The van der Waals surface area contributed by atoms with Crippen molar-refractivity contribution < 1.29 is 9.90 Å². The van der Waals surface area contributed by atoms with E-state index in [1.54, 1.807) is 4.90 Å². The molecule has 0 spiro atoms. The predicted octanol–water partition coefficient (Wildman–Crippen LogP) is 1.12. The van der Waals surface area contributed by atoms with Crippen LogP contribution in [-0.4, -0.2) is 41.7 Å². The first-order chi connectivity index (χ1) is 7.67. The van der Waals surface area contributed by atoms with E-state index in [2.05, 4.69) is 6.92 Å². The number of carbonyl (C=O) groups excluding carboxylic acids is 1. The van der Waals surface area contributed by atoms with Gasteiger partial charge < -0.3 is 15.7 Å². The van der Waals surface area contributed by atoms with E-state index in [-0.39, 0.29) is 12.5 Å². The van der Waals surface area contributed by atoms with Crippen LogP contribution >= 0.6 is 0 Å². The second-order valence-electron chi connectivity index (χ2n) is 4.12. The molecule has 0 aliphatic heterocycles. The largest absolute Gasteiger partial charge is 0.395 e. The van der Waals surface area contributed by atoms with Crippen LogP contribution < -0.4 is 5.73 Å². The number of carbonyl (C=O) groups is 1. The van der Waals surface area contributed by atoms with Crippen LogP contribution in [0.5, 0.6) is 0 Å². The number of hydrogen-bond donors (Lipinski definition) is 2. The molecule has 0 aliphatic rings. The molecule has 0 radical (unpaired) electrons. The van der Waals surface area contributed by atoms with Gasteiger partial charge in [-0.05, 0) is 12.8 Å². The van der Waals surface area contributed by atoms with Crippen molar-refractivity contribution in [2.75, 3.05) is 19.7 Å². The summed E-state index contributed by atoms with van der Waals surface area (Å²) in [4.78, 5) is 13.5. The number of amides is 1. The van der Waals surface area contributed by atoms with Crippen LogP contribution in [0.3, 0.4) is 0 Å². The van der Waals surface area contributed by atoms with E-state index >= 15 is 0 Å². The Balaban J connectivity index is 4.00. The fraction of sp³-hybridized carbons (Fsp3) is 0.917. The van der Waals surface area contributed by atoms with Crippen molar-refractivity contribution in [1.29, 1.82) is 0 Å². The number of nitrogens with two attached hydrogens (primary N) is 1. The third-order valence-electron chi connectivity index (χ3n) is 2.72. The molecule has 0 fully saturated rings. The maximum absolute atomic E-state index is 11.8. The number of nitrogens with zero attached hydrogens (tertiary/aromatic N) is 1. The van der Waals surface area contributed by atoms with Gasteiger partial charge in [-0.25, -0.2) is 0 Å². The molecule has 96 valence electrons. The predicted molar refractivity (Wildman–Crippen MR) is 66.1 cm³/mol. The lowest BCUT2D eigenvalue weighted by Crippen LogP contribution is -2.45. The lowest BCUT2D eigenvalue weighted by atomic mass is 10.1. The highest BCUT2D eigenvalue weighted by atomic mass is 16.3. The highest BCUT2D eigenvalue weighted by Gasteiger charge is 2.18. The van der Waals surface area contributed by atoms with Gasteiger partial charge in [0.1, 0.15) is 0 Å². The molecule has 0 aromatic rings. The SMILES string of the molecule is CCCCCCN(CCO)C(=O)C(N)CC. The molecular weight excluding hydrogens is 204 g/mol. The summed E-state index contributed by atoms with van der Waals surface area (Å²) in [7, 11) is 0. The number of aliphatic hydroxyl groups is 1. The molecule has 1 amide bonds. The van der Waals surface area contributed by atoms with Crippen molar-refractivity contribution in [1.82, 2.24) is 4.90 Å². The molecule has 0 saturated heterocycles. The number of rotatable bonds is 9. The number of hydrogen-bond acceptors (Lipinski definition) is 3. The molecule has 0 rings (SSSR count).